The summed E-state index contributed by atoms with van der Waals surface area (Å²) in [4.78, 5) is 16.9. The van der Waals surface area contributed by atoms with Gasteiger partial charge in [-0.1, -0.05) is 59.6 Å². The van der Waals surface area contributed by atoms with Crippen molar-refractivity contribution in [2.24, 2.45) is 5.41 Å². The fraction of sp³-hybridized carbons (Fsp3) is 0.676. The van der Waals surface area contributed by atoms with E-state index in [1.807, 2.05) is 0 Å². The molecule has 0 bridgehead atoms. The highest BCUT2D eigenvalue weighted by Gasteiger charge is 2.60. The second-order valence-electron chi connectivity index (χ2n) is 17.3. The molecule has 1 saturated heterocycles. The lowest BCUT2D eigenvalue weighted by Gasteiger charge is -2.48. The van der Waals surface area contributed by atoms with Gasteiger partial charge in [-0.15, -0.1) is 15.5 Å². The summed E-state index contributed by atoms with van der Waals surface area (Å²) < 4.78 is 84.2. The molecule has 49 heavy (non-hydrogen) atoms. The van der Waals surface area contributed by atoms with Gasteiger partial charge in [-0.2, -0.15) is 0 Å². The Bertz CT molecular complexity index is 1630. The Morgan fingerprint density at radius 2 is 1.57 bits per heavy atom. The standard InChI is InChI=1S/C37H53F4NO5SSi/c1-23(43)45-34-32-28(27(22-36(34,5)6)47-49(8,9)35(2,3)4)30-29(31(42-32)24-16-20-44-21-17-24)33(46-37(30)18-10-11-19-37)25-12-14-26(15-13-25)48(7,38,39,40)41/h12-15,24,27,33-34H,10-11,16-22H2,1-9H3. The van der Waals surface area contributed by atoms with Crippen molar-refractivity contribution in [3.63, 3.8) is 0 Å². The lowest BCUT2D eigenvalue weighted by molar-refractivity contribution is -0.156. The van der Waals surface area contributed by atoms with E-state index in [2.05, 4.69) is 47.7 Å². The van der Waals surface area contributed by atoms with Crippen LogP contribution in [0, 0.1) is 5.41 Å². The van der Waals surface area contributed by atoms with Gasteiger partial charge in [0.05, 0.1) is 34.2 Å². The number of fused-ring (bicyclic) bond motifs is 4. The minimum atomic E-state index is -8.38. The van der Waals surface area contributed by atoms with Crippen LogP contribution in [0.25, 0.3) is 0 Å². The molecule has 2 aliphatic carbocycles. The molecule has 0 N–H and O–H groups in total. The third kappa shape index (κ3) is 6.74. The number of halogens is 4. The third-order valence-corrected chi connectivity index (χ3v) is 17.6. The maximum Gasteiger partial charge on any atom is 0.303 e. The lowest BCUT2D eigenvalue weighted by atomic mass is 9.68. The second kappa shape index (κ2) is 11.3. The van der Waals surface area contributed by atoms with Crippen LogP contribution in [-0.4, -0.2) is 38.7 Å². The predicted octanol–water partition coefficient (Wildman–Crippen LogP) is 11.4. The Balaban J connectivity index is 1.65. The first-order valence-corrected chi connectivity index (χ1v) is 23.0. The maximum absolute atomic E-state index is 14.5. The first kappa shape index (κ1) is 36.8. The Hall–Kier alpha value is -1.99. The molecule has 3 atom stereocenters. The average Bonchev–Trinajstić information content (AvgIpc) is 3.58. The van der Waals surface area contributed by atoms with Crippen LogP contribution >= 0.6 is 9.84 Å². The number of rotatable bonds is 6. The number of esters is 1. The SMILES string of the molecule is CC(=O)OC1c2nc(C3CCOCC3)c3c(c2C(O[Si](C)(C)C(C)(C)C)CC1(C)C)C1(CCCC1)OC3c1ccc(S(C)(F)(F)(F)F)cc1. The quantitative estimate of drug-likeness (QED) is 0.168. The van der Waals surface area contributed by atoms with E-state index in [1.54, 1.807) is 0 Å². The van der Waals surface area contributed by atoms with Crippen LogP contribution in [0.1, 0.15) is 144 Å². The van der Waals surface area contributed by atoms with E-state index in [4.69, 9.17) is 23.6 Å². The Kier molecular flexibility index (Phi) is 8.45. The Morgan fingerprint density at radius 3 is 2.10 bits per heavy atom. The molecule has 6 rings (SSSR count). The van der Waals surface area contributed by atoms with Gasteiger partial charge in [-0.05, 0) is 73.5 Å². The minimum Gasteiger partial charge on any atom is -0.455 e. The molecule has 1 spiro atoms. The van der Waals surface area contributed by atoms with E-state index < -0.39 is 46.3 Å². The molecule has 0 radical (unpaired) electrons. The van der Waals surface area contributed by atoms with Crippen LogP contribution in [-0.2, 0) is 29.0 Å². The lowest BCUT2D eigenvalue weighted by Crippen LogP contribution is -2.45. The van der Waals surface area contributed by atoms with Crippen molar-refractivity contribution in [1.29, 1.82) is 0 Å². The zero-order chi connectivity index (χ0) is 36.1. The summed E-state index contributed by atoms with van der Waals surface area (Å²) in [6.07, 6.45) is 3.45. The highest BCUT2D eigenvalue weighted by atomic mass is 32.5. The summed E-state index contributed by atoms with van der Waals surface area (Å²) in [6.45, 7) is 17.8. The molecule has 3 unspecified atom stereocenters. The van der Waals surface area contributed by atoms with E-state index in [-0.39, 0.29) is 29.3 Å². The van der Waals surface area contributed by atoms with Crippen LogP contribution in [0.2, 0.25) is 18.1 Å². The molecule has 0 amide bonds. The van der Waals surface area contributed by atoms with Crippen LogP contribution in [0.15, 0.2) is 29.2 Å². The number of hydrogen-bond acceptors (Lipinski definition) is 6. The van der Waals surface area contributed by atoms with Crippen molar-refractivity contribution in [3.05, 3.63) is 57.9 Å². The first-order valence-electron chi connectivity index (χ1n) is 17.6. The summed E-state index contributed by atoms with van der Waals surface area (Å²) in [7, 11) is -10.7. The normalized spacial score (nSPS) is 26.9. The Labute approximate surface area is 289 Å². The maximum atomic E-state index is 14.5. The van der Waals surface area contributed by atoms with Gasteiger partial charge < -0.3 is 18.6 Å². The highest BCUT2D eigenvalue weighted by Crippen LogP contribution is 2.98. The van der Waals surface area contributed by atoms with Gasteiger partial charge in [0.1, 0.15) is 12.2 Å². The molecule has 3 heterocycles. The van der Waals surface area contributed by atoms with Crippen LogP contribution < -0.4 is 0 Å². The second-order valence-corrected chi connectivity index (χ2v) is 25.5. The smallest absolute Gasteiger partial charge is 0.303 e. The van der Waals surface area contributed by atoms with Crippen molar-refractivity contribution in [2.75, 3.05) is 19.5 Å². The zero-order valence-corrected chi connectivity index (χ0v) is 32.2. The van der Waals surface area contributed by atoms with Gasteiger partial charge in [-0.3, -0.25) is 9.78 Å². The molecule has 4 aliphatic rings. The number of pyridine rings is 1. The molecule has 1 aromatic heterocycles. The first-order chi connectivity index (χ1) is 22.3. The van der Waals surface area contributed by atoms with Gasteiger partial charge >= 0.3 is 5.97 Å². The van der Waals surface area contributed by atoms with Gasteiger partial charge in [0, 0.05) is 42.6 Å². The fourth-order valence-corrected chi connectivity index (χ4v) is 10.2. The average molecular weight is 728 g/mol. The summed E-state index contributed by atoms with van der Waals surface area (Å²) in [5.74, 6) is -0.383. The van der Waals surface area contributed by atoms with Crippen LogP contribution in [0.4, 0.5) is 15.5 Å². The number of ether oxygens (including phenoxy) is 3. The number of nitrogens with zero attached hydrogens (tertiary/aromatic N) is 1. The number of benzene rings is 1. The van der Waals surface area contributed by atoms with Crippen molar-refractivity contribution >= 4 is 24.1 Å². The van der Waals surface area contributed by atoms with Gasteiger partial charge in [0.15, 0.2) is 18.2 Å². The minimum absolute atomic E-state index is 0.00648. The molecule has 12 heteroatoms. The summed E-state index contributed by atoms with van der Waals surface area (Å²) in [5, 5.41) is -0.0831. The van der Waals surface area contributed by atoms with E-state index >= 15 is 0 Å². The Morgan fingerprint density at radius 1 is 0.980 bits per heavy atom. The number of carbonyl (C=O) groups is 1. The number of aromatic nitrogens is 1. The van der Waals surface area contributed by atoms with Crippen molar-refractivity contribution in [3.8, 4) is 0 Å². The molecule has 1 saturated carbocycles. The summed E-state index contributed by atoms with van der Waals surface area (Å²) in [5.41, 5.74) is 3.65. The topological polar surface area (TPSA) is 66.9 Å². The highest BCUT2D eigenvalue weighted by molar-refractivity contribution is 8.49. The van der Waals surface area contributed by atoms with E-state index in [0.29, 0.717) is 30.9 Å². The van der Waals surface area contributed by atoms with Gasteiger partial charge in [0.25, 0.3) is 0 Å². The van der Waals surface area contributed by atoms with Gasteiger partial charge in [-0.25, -0.2) is 0 Å². The van der Waals surface area contributed by atoms with E-state index in [9.17, 15) is 20.3 Å². The van der Waals surface area contributed by atoms with Gasteiger partial charge in [0.2, 0.25) is 0 Å². The third-order valence-electron chi connectivity index (χ3n) is 11.7. The fourth-order valence-electron chi connectivity index (χ4n) is 8.16. The van der Waals surface area contributed by atoms with Crippen LogP contribution in [0.3, 0.4) is 0 Å². The molecule has 1 aromatic carbocycles. The van der Waals surface area contributed by atoms with E-state index in [1.165, 1.54) is 19.1 Å². The predicted molar refractivity (Wildman–Crippen MR) is 187 cm³/mol. The molecular formula is C37H53F4NO5SSi. The number of hydrogen-bond donors (Lipinski definition) is 0. The molecule has 2 aromatic rings. The van der Waals surface area contributed by atoms with E-state index in [0.717, 1.165) is 73.0 Å². The van der Waals surface area contributed by atoms with Crippen molar-refractivity contribution in [1.82, 2.24) is 4.98 Å². The largest absolute Gasteiger partial charge is 0.455 e. The molecule has 2 aliphatic heterocycles. The summed E-state index contributed by atoms with van der Waals surface area (Å²) in [6, 6.07) is 4.42. The monoisotopic (exact) mass is 727 g/mol. The molecular weight excluding hydrogens is 675 g/mol. The number of carbonyl (C=O) groups excluding carboxylic acids is 1. The molecule has 6 nitrogen and oxygen atoms in total. The summed E-state index contributed by atoms with van der Waals surface area (Å²) >= 11 is 0. The van der Waals surface area contributed by atoms with Crippen LogP contribution in [0.5, 0.6) is 0 Å². The van der Waals surface area contributed by atoms with Crippen molar-refractivity contribution < 1.29 is 39.0 Å². The molecule has 2 fully saturated rings. The van der Waals surface area contributed by atoms with Crippen molar-refractivity contribution in [2.45, 2.75) is 139 Å². The zero-order valence-electron chi connectivity index (χ0n) is 30.4. The molecule has 274 valence electrons.